The van der Waals surface area contributed by atoms with Crippen LogP contribution >= 0.6 is 23.2 Å². The summed E-state index contributed by atoms with van der Waals surface area (Å²) < 4.78 is 5.92. The Morgan fingerprint density at radius 3 is 2.19 bits per heavy atom. The second-order valence-electron chi connectivity index (χ2n) is 9.26. The lowest BCUT2D eigenvalue weighted by Gasteiger charge is -2.40. The molecule has 2 N–H and O–H groups in total. The van der Waals surface area contributed by atoms with Crippen LogP contribution in [-0.2, 0) is 32.9 Å². The maximum Gasteiger partial charge on any atom is 0.314 e. The van der Waals surface area contributed by atoms with Crippen molar-refractivity contribution in [3.05, 3.63) is 106 Å². The normalized spacial score (nSPS) is 15.8. The van der Waals surface area contributed by atoms with E-state index < -0.39 is 17.4 Å². The van der Waals surface area contributed by atoms with Crippen molar-refractivity contribution in [3.63, 3.8) is 0 Å². The Kier molecular flexibility index (Phi) is 9.22. The van der Waals surface area contributed by atoms with Crippen molar-refractivity contribution < 1.29 is 19.4 Å². The summed E-state index contributed by atoms with van der Waals surface area (Å²) in [7, 11) is 0. The molecule has 1 aliphatic heterocycles. The van der Waals surface area contributed by atoms with E-state index in [2.05, 4.69) is 5.32 Å². The number of amides is 1. The molecule has 6 nitrogen and oxygen atoms in total. The maximum atomic E-state index is 13.6. The van der Waals surface area contributed by atoms with E-state index in [-0.39, 0.29) is 19.1 Å². The highest BCUT2D eigenvalue weighted by atomic mass is 35.5. The highest BCUT2D eigenvalue weighted by molar-refractivity contribution is 6.42. The Bertz CT molecular complexity index is 1200. The van der Waals surface area contributed by atoms with E-state index in [0.29, 0.717) is 42.5 Å². The summed E-state index contributed by atoms with van der Waals surface area (Å²) in [5.74, 6) is -0.952. The number of likely N-dealkylation sites (tertiary alicyclic amines) is 1. The topological polar surface area (TPSA) is 78.9 Å². The van der Waals surface area contributed by atoms with Gasteiger partial charge in [-0.3, -0.25) is 14.9 Å². The molecule has 0 spiro atoms. The molecule has 1 fully saturated rings. The zero-order valence-corrected chi connectivity index (χ0v) is 21.9. The summed E-state index contributed by atoms with van der Waals surface area (Å²) in [6, 6.07) is 23.8. The van der Waals surface area contributed by atoms with Crippen LogP contribution in [0.5, 0.6) is 0 Å². The zero-order valence-electron chi connectivity index (χ0n) is 20.4. The molecule has 1 saturated heterocycles. The molecular formula is C29H30Cl2N2O4. The lowest BCUT2D eigenvalue weighted by molar-refractivity contribution is -0.149. The number of benzene rings is 3. The number of nitrogens with one attached hydrogen (secondary N) is 1. The molecule has 37 heavy (non-hydrogen) atoms. The third-order valence-corrected chi connectivity index (χ3v) is 7.63. The first-order valence-corrected chi connectivity index (χ1v) is 13.0. The van der Waals surface area contributed by atoms with E-state index in [1.807, 2.05) is 66.7 Å². The summed E-state index contributed by atoms with van der Waals surface area (Å²) >= 11 is 12.1. The van der Waals surface area contributed by atoms with Gasteiger partial charge in [0.25, 0.3) is 0 Å². The number of halogens is 2. The standard InChI is InChI=1S/C29H30Cl2N2O4/c30-24-12-11-22(17-25(24)31)19-37-20-26(32-18-21-7-3-1-4-8-21)27(34)33-15-13-29(14-16-33,28(35)36)23-9-5-2-6-10-23/h1-12,17,26,32H,13-16,18-20H2,(H,35,36). The molecule has 0 bridgehead atoms. The lowest BCUT2D eigenvalue weighted by atomic mass is 9.72. The first kappa shape index (κ1) is 27.1. The number of hydrogen-bond acceptors (Lipinski definition) is 4. The smallest absolute Gasteiger partial charge is 0.314 e. The molecular weight excluding hydrogens is 511 g/mol. The van der Waals surface area contributed by atoms with Crippen molar-refractivity contribution in [2.45, 2.75) is 37.5 Å². The first-order chi connectivity index (χ1) is 17.9. The monoisotopic (exact) mass is 540 g/mol. The van der Waals surface area contributed by atoms with Gasteiger partial charge in [0.1, 0.15) is 6.04 Å². The van der Waals surface area contributed by atoms with Gasteiger partial charge < -0.3 is 14.7 Å². The van der Waals surface area contributed by atoms with Crippen molar-refractivity contribution in [1.29, 1.82) is 0 Å². The van der Waals surface area contributed by atoms with Gasteiger partial charge in [0.15, 0.2) is 0 Å². The van der Waals surface area contributed by atoms with Crippen molar-refractivity contribution in [2.24, 2.45) is 0 Å². The third-order valence-electron chi connectivity index (χ3n) is 6.90. The number of nitrogens with zero attached hydrogens (tertiary/aromatic N) is 1. The molecule has 8 heteroatoms. The highest BCUT2D eigenvalue weighted by Crippen LogP contribution is 2.36. The van der Waals surface area contributed by atoms with E-state index >= 15 is 0 Å². The number of carbonyl (C=O) groups excluding carboxylic acids is 1. The fourth-order valence-corrected chi connectivity index (χ4v) is 5.01. The zero-order chi connectivity index (χ0) is 26.3. The van der Waals surface area contributed by atoms with Crippen molar-refractivity contribution in [1.82, 2.24) is 10.2 Å². The van der Waals surface area contributed by atoms with Crippen LogP contribution in [0, 0.1) is 0 Å². The molecule has 3 aromatic carbocycles. The fourth-order valence-electron chi connectivity index (χ4n) is 4.69. The molecule has 1 unspecified atom stereocenters. The van der Waals surface area contributed by atoms with Crippen LogP contribution in [0.1, 0.15) is 29.5 Å². The Labute approximate surface area is 227 Å². The number of aliphatic carboxylic acids is 1. The van der Waals surface area contributed by atoms with Crippen LogP contribution in [0.4, 0.5) is 0 Å². The number of rotatable bonds is 10. The van der Waals surface area contributed by atoms with Gasteiger partial charge >= 0.3 is 5.97 Å². The average Bonchev–Trinajstić information content (AvgIpc) is 2.93. The van der Waals surface area contributed by atoms with Gasteiger partial charge in [-0.15, -0.1) is 0 Å². The molecule has 194 valence electrons. The van der Waals surface area contributed by atoms with Gasteiger partial charge in [-0.25, -0.2) is 0 Å². The molecule has 1 heterocycles. The van der Waals surface area contributed by atoms with Crippen LogP contribution in [0.2, 0.25) is 10.0 Å². The summed E-state index contributed by atoms with van der Waals surface area (Å²) in [5, 5.41) is 14.4. The molecule has 0 radical (unpaired) electrons. The molecule has 3 aromatic rings. The Balaban J connectivity index is 1.43. The van der Waals surface area contributed by atoms with E-state index in [9.17, 15) is 14.7 Å². The quantitative estimate of drug-likeness (QED) is 0.364. The first-order valence-electron chi connectivity index (χ1n) is 12.3. The predicted octanol–water partition coefficient (Wildman–Crippen LogP) is 5.31. The largest absolute Gasteiger partial charge is 0.481 e. The Hall–Kier alpha value is -2.90. The van der Waals surface area contributed by atoms with Crippen LogP contribution in [0.3, 0.4) is 0 Å². The van der Waals surface area contributed by atoms with Crippen LogP contribution in [-0.4, -0.2) is 47.6 Å². The molecule has 4 rings (SSSR count). The number of piperidine rings is 1. The molecule has 0 aliphatic carbocycles. The maximum absolute atomic E-state index is 13.6. The fraction of sp³-hybridized carbons (Fsp3) is 0.310. The van der Waals surface area contributed by atoms with Crippen LogP contribution in [0.25, 0.3) is 0 Å². The minimum atomic E-state index is -0.991. The second kappa shape index (κ2) is 12.6. The minimum Gasteiger partial charge on any atom is -0.481 e. The van der Waals surface area contributed by atoms with Crippen LogP contribution < -0.4 is 5.32 Å². The molecule has 1 aliphatic rings. The third kappa shape index (κ3) is 6.70. The minimum absolute atomic E-state index is 0.0999. The van der Waals surface area contributed by atoms with Gasteiger partial charge in [0.2, 0.25) is 5.91 Å². The Morgan fingerprint density at radius 2 is 1.57 bits per heavy atom. The lowest BCUT2D eigenvalue weighted by Crippen LogP contribution is -2.54. The van der Waals surface area contributed by atoms with E-state index in [1.165, 1.54) is 0 Å². The predicted molar refractivity (Wildman–Crippen MR) is 145 cm³/mol. The summed E-state index contributed by atoms with van der Waals surface area (Å²) in [6.45, 7) is 1.66. The van der Waals surface area contributed by atoms with E-state index in [4.69, 9.17) is 27.9 Å². The number of carboxylic acid groups (broad SMARTS) is 1. The van der Waals surface area contributed by atoms with Gasteiger partial charge in [-0.1, -0.05) is 89.9 Å². The van der Waals surface area contributed by atoms with E-state index in [1.54, 1.807) is 17.0 Å². The van der Waals surface area contributed by atoms with Gasteiger partial charge in [0, 0.05) is 19.6 Å². The highest BCUT2D eigenvalue weighted by Gasteiger charge is 2.44. The SMILES string of the molecule is O=C(C(COCc1ccc(Cl)c(Cl)c1)NCc1ccccc1)N1CCC(C(=O)O)(c2ccccc2)CC1. The number of carbonyl (C=O) groups is 2. The number of ether oxygens (including phenoxy) is 1. The molecule has 0 aromatic heterocycles. The summed E-state index contributed by atoms with van der Waals surface area (Å²) in [5.41, 5.74) is 1.70. The number of carboxylic acids is 1. The average molecular weight is 541 g/mol. The molecule has 1 atom stereocenters. The van der Waals surface area contributed by atoms with Gasteiger partial charge in [0.05, 0.1) is 28.7 Å². The summed E-state index contributed by atoms with van der Waals surface area (Å²) in [4.78, 5) is 27.6. The van der Waals surface area contributed by atoms with Gasteiger partial charge in [-0.2, -0.15) is 0 Å². The second-order valence-corrected chi connectivity index (χ2v) is 10.1. The van der Waals surface area contributed by atoms with Crippen molar-refractivity contribution in [3.8, 4) is 0 Å². The van der Waals surface area contributed by atoms with Crippen LogP contribution in [0.15, 0.2) is 78.9 Å². The van der Waals surface area contributed by atoms with Crippen molar-refractivity contribution in [2.75, 3.05) is 19.7 Å². The van der Waals surface area contributed by atoms with E-state index in [0.717, 1.165) is 16.7 Å². The summed E-state index contributed by atoms with van der Waals surface area (Å²) in [6.07, 6.45) is 0.710. The Morgan fingerprint density at radius 1 is 0.919 bits per heavy atom. The molecule has 1 amide bonds. The molecule has 0 saturated carbocycles. The van der Waals surface area contributed by atoms with Crippen molar-refractivity contribution >= 4 is 35.1 Å². The van der Waals surface area contributed by atoms with Gasteiger partial charge in [-0.05, 0) is 41.7 Å². The number of hydrogen-bond donors (Lipinski definition) is 2.